The summed E-state index contributed by atoms with van der Waals surface area (Å²) in [5, 5.41) is 4.46. The topological polar surface area (TPSA) is 58.2 Å². The second-order valence-electron chi connectivity index (χ2n) is 3.80. The van der Waals surface area contributed by atoms with Crippen molar-refractivity contribution in [1.82, 2.24) is 5.32 Å². The molecule has 1 aromatic carbocycles. The lowest BCUT2D eigenvalue weighted by atomic mass is 10.2. The Kier molecular flexibility index (Phi) is 5.35. The quantitative estimate of drug-likeness (QED) is 0.637. The molecule has 0 bridgehead atoms. The number of anilines is 1. The van der Waals surface area contributed by atoms with Gasteiger partial charge in [-0.2, -0.15) is 0 Å². The number of hydrogen-bond acceptors (Lipinski definition) is 2. The van der Waals surface area contributed by atoms with E-state index >= 15 is 0 Å². The Balaban J connectivity index is 2.63. The van der Waals surface area contributed by atoms with Crippen LogP contribution in [0, 0.1) is 17.5 Å². The number of benzene rings is 1. The highest BCUT2D eigenvalue weighted by molar-refractivity contribution is 6.03. The van der Waals surface area contributed by atoms with Gasteiger partial charge in [0.2, 0.25) is 11.8 Å². The van der Waals surface area contributed by atoms with Crippen molar-refractivity contribution in [3.05, 3.63) is 29.6 Å². The number of carbonyl (C=O) groups excluding carboxylic acids is 2. The summed E-state index contributed by atoms with van der Waals surface area (Å²) in [4.78, 5) is 22.6. The molecule has 19 heavy (non-hydrogen) atoms. The first-order valence-corrected chi connectivity index (χ1v) is 5.65. The van der Waals surface area contributed by atoms with E-state index in [1.165, 1.54) is 0 Å². The van der Waals surface area contributed by atoms with Crippen LogP contribution in [-0.2, 0) is 9.59 Å². The Morgan fingerprint density at radius 3 is 2.42 bits per heavy atom. The molecule has 2 N–H and O–H groups in total. The Hall–Kier alpha value is -2.05. The summed E-state index contributed by atoms with van der Waals surface area (Å²) in [6, 6.07) is 1.57. The normalized spacial score (nSPS) is 10.1. The van der Waals surface area contributed by atoms with Crippen molar-refractivity contribution in [3.8, 4) is 0 Å². The molecule has 0 aliphatic heterocycles. The number of halogens is 3. The van der Waals surface area contributed by atoms with Crippen LogP contribution in [0.3, 0.4) is 0 Å². The number of amides is 2. The van der Waals surface area contributed by atoms with Crippen LogP contribution in [0.15, 0.2) is 12.1 Å². The molecule has 2 amide bonds. The van der Waals surface area contributed by atoms with Gasteiger partial charge in [-0.3, -0.25) is 9.59 Å². The van der Waals surface area contributed by atoms with Gasteiger partial charge in [0.05, 0.1) is 5.69 Å². The molecule has 0 aliphatic rings. The summed E-state index contributed by atoms with van der Waals surface area (Å²) >= 11 is 0. The van der Waals surface area contributed by atoms with Crippen LogP contribution in [0.1, 0.15) is 19.8 Å². The molecule has 0 spiro atoms. The number of nitrogens with one attached hydrogen (secondary N) is 2. The predicted octanol–water partition coefficient (Wildman–Crippen LogP) is 1.96. The largest absolute Gasteiger partial charge is 0.356 e. The SMILES string of the molecule is CCCNC(=O)CC(=O)Nc1ccc(F)c(F)c1F. The molecule has 0 heterocycles. The highest BCUT2D eigenvalue weighted by Crippen LogP contribution is 2.19. The van der Waals surface area contributed by atoms with Crippen LogP contribution < -0.4 is 10.6 Å². The third kappa shape index (κ3) is 4.27. The van der Waals surface area contributed by atoms with E-state index in [1.807, 2.05) is 12.2 Å². The molecule has 0 unspecified atom stereocenters. The van der Waals surface area contributed by atoms with Crippen molar-refractivity contribution in [2.45, 2.75) is 19.8 Å². The van der Waals surface area contributed by atoms with E-state index in [1.54, 1.807) is 0 Å². The Labute approximate surface area is 108 Å². The van der Waals surface area contributed by atoms with Crippen LogP contribution >= 0.6 is 0 Å². The molecule has 1 aromatic rings. The average molecular weight is 274 g/mol. The van der Waals surface area contributed by atoms with E-state index in [4.69, 9.17) is 0 Å². The van der Waals surface area contributed by atoms with Crippen LogP contribution in [0.4, 0.5) is 18.9 Å². The van der Waals surface area contributed by atoms with E-state index < -0.39 is 41.4 Å². The maximum absolute atomic E-state index is 13.2. The fourth-order valence-corrected chi connectivity index (χ4v) is 1.29. The van der Waals surface area contributed by atoms with Gasteiger partial charge >= 0.3 is 0 Å². The Morgan fingerprint density at radius 2 is 1.79 bits per heavy atom. The minimum atomic E-state index is -1.67. The van der Waals surface area contributed by atoms with Gasteiger partial charge in [0.15, 0.2) is 17.5 Å². The fraction of sp³-hybridized carbons (Fsp3) is 0.333. The highest BCUT2D eigenvalue weighted by Gasteiger charge is 2.16. The van der Waals surface area contributed by atoms with E-state index in [-0.39, 0.29) is 0 Å². The second kappa shape index (κ2) is 6.77. The molecule has 0 radical (unpaired) electrons. The summed E-state index contributed by atoms with van der Waals surface area (Å²) in [6.07, 6.45) is 0.198. The lowest BCUT2D eigenvalue weighted by Crippen LogP contribution is -2.28. The minimum absolute atomic E-state index is 0.422. The van der Waals surface area contributed by atoms with E-state index in [0.29, 0.717) is 19.0 Å². The first-order chi connectivity index (χ1) is 8.95. The zero-order chi connectivity index (χ0) is 14.4. The van der Waals surface area contributed by atoms with E-state index in [0.717, 1.165) is 6.07 Å². The molecule has 0 atom stereocenters. The Bertz CT molecular complexity index is 492. The van der Waals surface area contributed by atoms with E-state index in [9.17, 15) is 22.8 Å². The lowest BCUT2D eigenvalue weighted by molar-refractivity contribution is -0.126. The van der Waals surface area contributed by atoms with Crippen LogP contribution in [0.25, 0.3) is 0 Å². The van der Waals surface area contributed by atoms with Gasteiger partial charge in [-0.15, -0.1) is 0 Å². The van der Waals surface area contributed by atoms with Crippen LogP contribution in [0.5, 0.6) is 0 Å². The van der Waals surface area contributed by atoms with Crippen molar-refractivity contribution in [1.29, 1.82) is 0 Å². The van der Waals surface area contributed by atoms with Gasteiger partial charge in [0.25, 0.3) is 0 Å². The average Bonchev–Trinajstić information content (AvgIpc) is 2.37. The zero-order valence-corrected chi connectivity index (χ0v) is 10.2. The maximum atomic E-state index is 13.2. The molecule has 104 valence electrons. The van der Waals surface area contributed by atoms with Crippen LogP contribution in [-0.4, -0.2) is 18.4 Å². The summed E-state index contributed by atoms with van der Waals surface area (Å²) in [5.74, 6) is -5.85. The summed E-state index contributed by atoms with van der Waals surface area (Å²) in [6.45, 7) is 2.27. The molecule has 4 nitrogen and oxygen atoms in total. The molecule has 0 aromatic heterocycles. The molecule has 0 fully saturated rings. The monoisotopic (exact) mass is 274 g/mol. The van der Waals surface area contributed by atoms with Crippen molar-refractivity contribution in [2.24, 2.45) is 0 Å². The molecule has 0 saturated heterocycles. The van der Waals surface area contributed by atoms with Gasteiger partial charge in [-0.05, 0) is 18.6 Å². The molecule has 1 rings (SSSR count). The van der Waals surface area contributed by atoms with Crippen LogP contribution in [0.2, 0.25) is 0 Å². The predicted molar refractivity (Wildman–Crippen MR) is 62.9 cm³/mol. The first-order valence-electron chi connectivity index (χ1n) is 5.65. The highest BCUT2D eigenvalue weighted by atomic mass is 19.2. The van der Waals surface area contributed by atoms with Gasteiger partial charge in [0, 0.05) is 6.54 Å². The molecule has 0 aliphatic carbocycles. The smallest absolute Gasteiger partial charge is 0.233 e. The van der Waals surface area contributed by atoms with E-state index in [2.05, 4.69) is 5.32 Å². The molecule has 0 saturated carbocycles. The van der Waals surface area contributed by atoms with Crippen molar-refractivity contribution >= 4 is 17.5 Å². The Morgan fingerprint density at radius 1 is 1.11 bits per heavy atom. The minimum Gasteiger partial charge on any atom is -0.356 e. The molecular formula is C12H13F3N2O2. The summed E-state index contributed by atoms with van der Waals surface area (Å²) in [5.41, 5.74) is -0.507. The van der Waals surface area contributed by atoms with Crippen molar-refractivity contribution in [3.63, 3.8) is 0 Å². The third-order valence-corrected chi connectivity index (χ3v) is 2.20. The second-order valence-corrected chi connectivity index (χ2v) is 3.80. The number of carbonyl (C=O) groups is 2. The van der Waals surface area contributed by atoms with Crippen molar-refractivity contribution in [2.75, 3.05) is 11.9 Å². The zero-order valence-electron chi connectivity index (χ0n) is 10.2. The lowest BCUT2D eigenvalue weighted by Gasteiger charge is -2.07. The fourth-order valence-electron chi connectivity index (χ4n) is 1.29. The standard InChI is InChI=1S/C12H13F3N2O2/c1-2-5-16-9(18)6-10(19)17-8-4-3-7(13)11(14)12(8)15/h3-4H,2,5-6H2,1H3,(H,16,18)(H,17,19). The molecule has 7 heteroatoms. The van der Waals surface area contributed by atoms with Gasteiger partial charge < -0.3 is 10.6 Å². The molecular weight excluding hydrogens is 261 g/mol. The van der Waals surface area contributed by atoms with Crippen molar-refractivity contribution < 1.29 is 22.8 Å². The summed E-state index contributed by atoms with van der Waals surface area (Å²) in [7, 11) is 0. The van der Waals surface area contributed by atoms with Gasteiger partial charge in [-0.25, -0.2) is 13.2 Å². The number of rotatable bonds is 5. The van der Waals surface area contributed by atoms with Gasteiger partial charge in [-0.1, -0.05) is 6.92 Å². The van der Waals surface area contributed by atoms with Gasteiger partial charge in [0.1, 0.15) is 6.42 Å². The third-order valence-electron chi connectivity index (χ3n) is 2.20. The maximum Gasteiger partial charge on any atom is 0.233 e. The number of hydrogen-bond donors (Lipinski definition) is 2. The first kappa shape index (κ1) is 15.0. The summed E-state index contributed by atoms with van der Waals surface area (Å²) < 4.78 is 38.8.